The molecule has 0 unspecified atom stereocenters. The molecule has 0 radical (unpaired) electrons. The molecule has 3 heterocycles. The number of ether oxygens (including phenoxy) is 3. The Kier molecular flexibility index (Phi) is 8.77. The zero-order valence-corrected chi connectivity index (χ0v) is 26.6. The summed E-state index contributed by atoms with van der Waals surface area (Å²) in [6, 6.07) is 12.8. The molecule has 13 nitrogen and oxygen atoms in total. The summed E-state index contributed by atoms with van der Waals surface area (Å²) < 4.78 is 74.8. The van der Waals surface area contributed by atoms with E-state index in [0.29, 0.717) is 42.8 Å². The lowest BCUT2D eigenvalue weighted by Gasteiger charge is -2.26. The van der Waals surface area contributed by atoms with Crippen LogP contribution in [0.4, 0.5) is 20.3 Å². The van der Waals surface area contributed by atoms with Crippen molar-refractivity contribution in [1.82, 2.24) is 19.7 Å². The van der Waals surface area contributed by atoms with Crippen LogP contribution < -0.4 is 19.9 Å². The summed E-state index contributed by atoms with van der Waals surface area (Å²) in [5.41, 5.74) is 7.13. The van der Waals surface area contributed by atoms with Crippen molar-refractivity contribution in [3.8, 4) is 22.9 Å². The van der Waals surface area contributed by atoms with Gasteiger partial charge in [0, 0.05) is 30.1 Å². The number of nitrogens with one attached hydrogen (secondary N) is 2. The number of amides is 1. The van der Waals surface area contributed by atoms with Gasteiger partial charge in [0.25, 0.3) is 0 Å². The number of nitrogens with zero attached hydrogens (tertiary/aromatic N) is 3. The highest BCUT2D eigenvalue weighted by Crippen LogP contribution is 2.34. The van der Waals surface area contributed by atoms with Gasteiger partial charge in [-0.3, -0.25) is 14.3 Å². The molecule has 1 saturated heterocycles. The third-order valence-electron chi connectivity index (χ3n) is 7.68. The molecule has 5 aromatic rings. The fourth-order valence-electron chi connectivity index (χ4n) is 5.34. The Morgan fingerprint density at radius 3 is 2.52 bits per heavy atom. The first kappa shape index (κ1) is 32.5. The van der Waals surface area contributed by atoms with Crippen LogP contribution in [-0.2, 0) is 19.6 Å². The number of methoxy groups -OCH3 is 1. The van der Waals surface area contributed by atoms with Crippen LogP contribution in [0.3, 0.4) is 0 Å². The van der Waals surface area contributed by atoms with E-state index in [-0.39, 0.29) is 45.7 Å². The monoisotopic (exact) mass is 680 g/mol. The number of nitrogens with two attached hydrogens (primary N) is 1. The summed E-state index contributed by atoms with van der Waals surface area (Å²) >= 11 is 0. The smallest absolute Gasteiger partial charge is 0.241 e. The molecule has 1 fully saturated rings. The highest BCUT2D eigenvalue weighted by Gasteiger charge is 2.26. The van der Waals surface area contributed by atoms with E-state index in [0.717, 1.165) is 10.7 Å². The average Bonchev–Trinajstić information content (AvgIpc) is 3.64. The van der Waals surface area contributed by atoms with E-state index in [9.17, 15) is 22.4 Å². The number of fused-ring (bicyclic) bond motifs is 1. The first-order chi connectivity index (χ1) is 22.9. The molecule has 1 amide bonds. The molecule has 1 aliphatic rings. The first-order valence-corrected chi connectivity index (χ1v) is 16.3. The Morgan fingerprint density at radius 2 is 1.81 bits per heavy atom. The highest BCUT2D eigenvalue weighted by molar-refractivity contribution is 7.93. The van der Waals surface area contributed by atoms with Gasteiger partial charge in [0.2, 0.25) is 21.7 Å². The molecule has 0 aliphatic carbocycles. The van der Waals surface area contributed by atoms with Crippen LogP contribution >= 0.6 is 0 Å². The Labute approximate surface area is 273 Å². The number of nitrogen functional groups attached to an aromatic ring is 1. The summed E-state index contributed by atoms with van der Waals surface area (Å²) in [6.07, 6.45) is 1.21. The van der Waals surface area contributed by atoms with E-state index in [1.807, 2.05) is 0 Å². The normalized spacial score (nSPS) is 13.5. The summed E-state index contributed by atoms with van der Waals surface area (Å²) in [6.45, 7) is 2.87. The number of rotatable bonds is 10. The lowest BCUT2D eigenvalue weighted by molar-refractivity contribution is -0.132. The van der Waals surface area contributed by atoms with Crippen molar-refractivity contribution in [1.29, 1.82) is 0 Å². The molecule has 3 aromatic carbocycles. The first-order valence-electron chi connectivity index (χ1n) is 14.6. The van der Waals surface area contributed by atoms with Crippen molar-refractivity contribution < 1.29 is 41.0 Å². The molecule has 250 valence electrons. The SMILES string of the molecule is COc1cc2cc(C(=O)c3cnn(-c4c(C)cc(Oc5ccccc5F)cc4F)c3N)[nH]c2cc1NS(=O)(=O)CC(=O)N1CCOCC1. The summed E-state index contributed by atoms with van der Waals surface area (Å²) in [4.78, 5) is 30.5. The minimum absolute atomic E-state index is 0.0263. The number of carbonyl (C=O) groups excluding carboxylic acids is 2. The second kappa shape index (κ2) is 13.0. The number of para-hydroxylation sites is 1. The van der Waals surface area contributed by atoms with E-state index in [1.54, 1.807) is 13.0 Å². The zero-order valence-electron chi connectivity index (χ0n) is 25.7. The Bertz CT molecular complexity index is 2140. The minimum Gasteiger partial charge on any atom is -0.495 e. The van der Waals surface area contributed by atoms with E-state index >= 15 is 4.39 Å². The lowest BCUT2D eigenvalue weighted by Crippen LogP contribution is -2.44. The molecule has 16 heteroatoms. The molecule has 1 aliphatic heterocycles. The summed E-state index contributed by atoms with van der Waals surface area (Å²) in [5.74, 6) is -3.27. The molecule has 0 bridgehead atoms. The van der Waals surface area contributed by atoms with E-state index in [2.05, 4.69) is 14.8 Å². The van der Waals surface area contributed by atoms with E-state index in [4.69, 9.17) is 19.9 Å². The van der Waals surface area contributed by atoms with Gasteiger partial charge in [-0.2, -0.15) is 5.10 Å². The number of hydrogen-bond donors (Lipinski definition) is 3. The predicted molar refractivity (Wildman–Crippen MR) is 172 cm³/mol. The highest BCUT2D eigenvalue weighted by atomic mass is 32.2. The Hall–Kier alpha value is -5.48. The van der Waals surface area contributed by atoms with E-state index < -0.39 is 39.1 Å². The fraction of sp³-hybridized carbons (Fsp3) is 0.219. The zero-order chi connectivity index (χ0) is 34.2. The van der Waals surface area contributed by atoms with Gasteiger partial charge < -0.3 is 29.8 Å². The fourth-order valence-corrected chi connectivity index (χ4v) is 6.42. The number of aromatic amines is 1. The van der Waals surface area contributed by atoms with E-state index in [1.165, 1.54) is 60.7 Å². The second-order valence-electron chi connectivity index (χ2n) is 11.0. The number of aryl methyl sites for hydroxylation is 1. The molecule has 4 N–H and O–H groups in total. The molecule has 0 spiro atoms. The van der Waals surface area contributed by atoms with Gasteiger partial charge in [-0.15, -0.1) is 0 Å². The molecule has 0 atom stereocenters. The molecular formula is C32H30F2N6O7S. The molecule has 48 heavy (non-hydrogen) atoms. The largest absolute Gasteiger partial charge is 0.495 e. The van der Waals surface area contributed by atoms with Crippen LogP contribution in [0.5, 0.6) is 17.2 Å². The number of sulfonamides is 1. The lowest BCUT2D eigenvalue weighted by atomic mass is 10.1. The Balaban J connectivity index is 1.24. The summed E-state index contributed by atoms with van der Waals surface area (Å²) in [7, 11) is -2.77. The number of anilines is 2. The van der Waals surface area contributed by atoms with Gasteiger partial charge in [0.1, 0.15) is 28.8 Å². The van der Waals surface area contributed by atoms with Crippen LogP contribution in [0.1, 0.15) is 21.6 Å². The number of carbonyl (C=O) groups is 2. The van der Waals surface area contributed by atoms with Crippen molar-refractivity contribution in [2.45, 2.75) is 6.92 Å². The molecule has 0 saturated carbocycles. The maximum absolute atomic E-state index is 15.4. The number of morpholine rings is 1. The van der Waals surface area contributed by atoms with Crippen molar-refractivity contribution in [3.05, 3.63) is 89.2 Å². The Morgan fingerprint density at radius 1 is 1.06 bits per heavy atom. The number of hydrogen-bond acceptors (Lipinski definition) is 9. The average molecular weight is 681 g/mol. The maximum atomic E-state index is 15.4. The number of benzene rings is 3. The number of halogens is 2. The molecule has 2 aromatic heterocycles. The molecule has 6 rings (SSSR count). The van der Waals surface area contributed by atoms with Crippen LogP contribution in [0.15, 0.2) is 60.8 Å². The standard InChI is InChI=1S/C32H30F2N6O7S/c1-18-11-20(47-27-6-4-3-5-22(27)33)14-23(34)30(18)40-32(35)21(16-36-40)31(42)26-12-19-13-28(45-2)25(15-24(19)37-26)38-48(43,44)17-29(41)39-7-9-46-10-8-39/h3-6,11-16,37-38H,7-10,17,35H2,1-2H3. The van der Waals surface area contributed by atoms with Crippen molar-refractivity contribution in [2.75, 3.05) is 49.6 Å². The predicted octanol–water partition coefficient (Wildman–Crippen LogP) is 4.15. The third kappa shape index (κ3) is 6.52. The number of aromatic nitrogens is 3. The van der Waals surface area contributed by atoms with Crippen molar-refractivity contribution in [3.63, 3.8) is 0 Å². The maximum Gasteiger partial charge on any atom is 0.241 e. The number of H-pyrrole nitrogens is 1. The van der Waals surface area contributed by atoms with Gasteiger partial charge in [0.05, 0.1) is 43.5 Å². The quantitative estimate of drug-likeness (QED) is 0.183. The van der Waals surface area contributed by atoms with Crippen LogP contribution in [0.25, 0.3) is 16.6 Å². The van der Waals surface area contributed by atoms with Crippen molar-refractivity contribution >= 4 is 44.1 Å². The summed E-state index contributed by atoms with van der Waals surface area (Å²) in [5, 5.41) is 4.67. The van der Waals surface area contributed by atoms with Gasteiger partial charge in [-0.25, -0.2) is 21.9 Å². The van der Waals surface area contributed by atoms with Crippen LogP contribution in [0, 0.1) is 18.6 Å². The second-order valence-corrected chi connectivity index (χ2v) is 12.7. The van der Waals surface area contributed by atoms with Crippen LogP contribution in [0.2, 0.25) is 0 Å². The van der Waals surface area contributed by atoms with Gasteiger partial charge >= 0.3 is 0 Å². The van der Waals surface area contributed by atoms with Gasteiger partial charge in [-0.1, -0.05) is 12.1 Å². The van der Waals surface area contributed by atoms with Crippen molar-refractivity contribution in [2.24, 2.45) is 0 Å². The van der Waals surface area contributed by atoms with Crippen LogP contribution in [-0.4, -0.2) is 78.9 Å². The van der Waals surface area contributed by atoms with Gasteiger partial charge in [-0.05, 0) is 48.9 Å². The number of ketones is 1. The minimum atomic E-state index is -4.12. The topological polar surface area (TPSA) is 171 Å². The molecular weight excluding hydrogens is 650 g/mol. The third-order valence-corrected chi connectivity index (χ3v) is 8.84. The van der Waals surface area contributed by atoms with Gasteiger partial charge in [0.15, 0.2) is 17.4 Å².